The summed E-state index contributed by atoms with van der Waals surface area (Å²) >= 11 is 2.68. The number of carbonyl (C=O) groups excluding carboxylic acids is 1. The van der Waals surface area contributed by atoms with Crippen LogP contribution in [0.15, 0.2) is 21.4 Å². The zero-order valence-electron chi connectivity index (χ0n) is 13.3. The van der Waals surface area contributed by atoms with Crippen molar-refractivity contribution in [1.29, 1.82) is 0 Å². The number of rotatable bonds is 5. The second kappa shape index (κ2) is 6.83. The maximum atomic E-state index is 12.2. The van der Waals surface area contributed by atoms with Gasteiger partial charge < -0.3 is 5.32 Å². The third-order valence-electron chi connectivity index (χ3n) is 3.18. The molecule has 0 aromatic carbocycles. The fourth-order valence-electron chi connectivity index (χ4n) is 1.85. The first-order valence-electron chi connectivity index (χ1n) is 7.12. The van der Waals surface area contributed by atoms with Crippen LogP contribution in [0.4, 0.5) is 0 Å². The Bertz CT molecular complexity index is 728. The SMILES string of the molecule is Cn1c(SCC(=O)NCCC(C)(C)C)nc2ccsc2c1=O. The van der Waals surface area contributed by atoms with E-state index >= 15 is 0 Å². The van der Waals surface area contributed by atoms with E-state index in [9.17, 15) is 9.59 Å². The summed E-state index contributed by atoms with van der Waals surface area (Å²) in [5.74, 6) is 0.231. The van der Waals surface area contributed by atoms with Gasteiger partial charge in [-0.25, -0.2) is 4.98 Å². The molecule has 0 bridgehead atoms. The van der Waals surface area contributed by atoms with Crippen LogP contribution in [0, 0.1) is 5.41 Å². The van der Waals surface area contributed by atoms with Crippen molar-refractivity contribution in [2.75, 3.05) is 12.3 Å². The summed E-state index contributed by atoms with van der Waals surface area (Å²) in [4.78, 5) is 28.5. The highest BCUT2D eigenvalue weighted by Crippen LogP contribution is 2.20. The highest BCUT2D eigenvalue weighted by Gasteiger charge is 2.13. The molecule has 2 aromatic heterocycles. The Hall–Kier alpha value is -1.34. The van der Waals surface area contributed by atoms with E-state index in [1.54, 1.807) is 7.05 Å². The minimum absolute atomic E-state index is 0.0334. The molecular formula is C15H21N3O2S2. The molecule has 7 heteroatoms. The van der Waals surface area contributed by atoms with Crippen LogP contribution in [-0.2, 0) is 11.8 Å². The summed E-state index contributed by atoms with van der Waals surface area (Å²) in [6.07, 6.45) is 0.932. The zero-order chi connectivity index (χ0) is 16.3. The average molecular weight is 339 g/mol. The lowest BCUT2D eigenvalue weighted by Gasteiger charge is -2.17. The van der Waals surface area contributed by atoms with Crippen LogP contribution >= 0.6 is 23.1 Å². The maximum Gasteiger partial charge on any atom is 0.271 e. The van der Waals surface area contributed by atoms with Crippen LogP contribution in [0.5, 0.6) is 0 Å². The molecule has 0 atom stereocenters. The zero-order valence-corrected chi connectivity index (χ0v) is 14.9. The quantitative estimate of drug-likeness (QED) is 0.672. The molecule has 0 aliphatic carbocycles. The number of nitrogens with one attached hydrogen (secondary N) is 1. The number of amides is 1. The molecule has 0 saturated carbocycles. The van der Waals surface area contributed by atoms with Crippen molar-refractivity contribution in [2.24, 2.45) is 12.5 Å². The Morgan fingerprint density at radius 2 is 2.18 bits per heavy atom. The molecule has 0 unspecified atom stereocenters. The summed E-state index contributed by atoms with van der Waals surface area (Å²) in [5.41, 5.74) is 0.843. The lowest BCUT2D eigenvalue weighted by atomic mass is 9.92. The number of carbonyl (C=O) groups is 1. The third kappa shape index (κ3) is 4.33. The third-order valence-corrected chi connectivity index (χ3v) is 5.10. The van der Waals surface area contributed by atoms with Crippen LogP contribution in [0.3, 0.4) is 0 Å². The molecule has 5 nitrogen and oxygen atoms in total. The van der Waals surface area contributed by atoms with Crippen molar-refractivity contribution >= 4 is 39.2 Å². The Labute approximate surface area is 138 Å². The number of aromatic nitrogens is 2. The Morgan fingerprint density at radius 1 is 1.45 bits per heavy atom. The van der Waals surface area contributed by atoms with Crippen LogP contribution in [-0.4, -0.2) is 27.8 Å². The standard InChI is InChI=1S/C15H21N3O2S2/c1-15(2,3)6-7-16-11(19)9-22-14-17-10-5-8-21-12(10)13(20)18(14)4/h5,8H,6-7,9H2,1-4H3,(H,16,19). The molecule has 0 fully saturated rings. The lowest BCUT2D eigenvalue weighted by molar-refractivity contribution is -0.118. The molecule has 120 valence electrons. The van der Waals surface area contributed by atoms with Gasteiger partial charge in [-0.05, 0) is 23.3 Å². The minimum atomic E-state index is -0.0596. The van der Waals surface area contributed by atoms with Gasteiger partial charge in [0.05, 0.1) is 11.3 Å². The van der Waals surface area contributed by atoms with Crippen LogP contribution < -0.4 is 10.9 Å². The molecule has 2 heterocycles. The predicted molar refractivity (Wildman–Crippen MR) is 92.7 cm³/mol. The van der Waals surface area contributed by atoms with E-state index in [0.717, 1.165) is 6.42 Å². The van der Waals surface area contributed by atoms with Gasteiger partial charge in [-0.2, -0.15) is 0 Å². The van der Waals surface area contributed by atoms with Crippen molar-refractivity contribution < 1.29 is 4.79 Å². The van der Waals surface area contributed by atoms with Crippen LogP contribution in [0.1, 0.15) is 27.2 Å². The average Bonchev–Trinajstić information content (AvgIpc) is 2.88. The fraction of sp³-hybridized carbons (Fsp3) is 0.533. The first kappa shape index (κ1) is 17.0. The van der Waals surface area contributed by atoms with Gasteiger partial charge in [0, 0.05) is 13.6 Å². The van der Waals surface area contributed by atoms with Gasteiger partial charge in [-0.3, -0.25) is 14.2 Å². The molecule has 1 N–H and O–H groups in total. The van der Waals surface area contributed by atoms with E-state index < -0.39 is 0 Å². The smallest absolute Gasteiger partial charge is 0.271 e. The molecule has 0 saturated heterocycles. The number of nitrogens with zero attached hydrogens (tertiary/aromatic N) is 2. The monoisotopic (exact) mass is 339 g/mol. The van der Waals surface area contributed by atoms with Crippen LogP contribution in [0.2, 0.25) is 0 Å². The molecular weight excluding hydrogens is 318 g/mol. The normalized spacial score (nSPS) is 11.8. The summed E-state index contributed by atoms with van der Waals surface area (Å²) in [7, 11) is 1.69. The summed E-state index contributed by atoms with van der Waals surface area (Å²) in [5, 5.41) is 5.33. The Morgan fingerprint density at radius 3 is 2.86 bits per heavy atom. The summed E-state index contributed by atoms with van der Waals surface area (Å²) in [6.45, 7) is 7.09. The molecule has 1 amide bonds. The van der Waals surface area contributed by atoms with E-state index in [2.05, 4.69) is 31.1 Å². The largest absolute Gasteiger partial charge is 0.355 e. The van der Waals surface area contributed by atoms with Crippen LogP contribution in [0.25, 0.3) is 10.2 Å². The second-order valence-corrected chi connectivity index (χ2v) is 8.20. The number of hydrogen-bond acceptors (Lipinski definition) is 5. The molecule has 0 aliphatic rings. The molecule has 0 spiro atoms. The number of fused-ring (bicyclic) bond motifs is 1. The molecule has 0 aliphatic heterocycles. The van der Waals surface area contributed by atoms with Gasteiger partial charge in [0.15, 0.2) is 5.16 Å². The topological polar surface area (TPSA) is 64.0 Å². The van der Waals surface area contributed by atoms with Crippen molar-refractivity contribution in [3.05, 3.63) is 21.8 Å². The Balaban J connectivity index is 1.95. The highest BCUT2D eigenvalue weighted by molar-refractivity contribution is 7.99. The summed E-state index contributed by atoms with van der Waals surface area (Å²) < 4.78 is 2.16. The van der Waals surface area contributed by atoms with E-state index in [-0.39, 0.29) is 22.6 Å². The lowest BCUT2D eigenvalue weighted by Crippen LogP contribution is -2.29. The predicted octanol–water partition coefficient (Wildman–Crippen LogP) is 2.64. The fourth-order valence-corrected chi connectivity index (χ4v) is 3.46. The second-order valence-electron chi connectivity index (χ2n) is 6.34. The highest BCUT2D eigenvalue weighted by atomic mass is 32.2. The number of thiophene rings is 1. The first-order valence-corrected chi connectivity index (χ1v) is 8.98. The Kier molecular flexibility index (Phi) is 5.28. The van der Waals surface area contributed by atoms with E-state index in [0.29, 0.717) is 21.9 Å². The molecule has 2 rings (SSSR count). The van der Waals surface area contributed by atoms with Crippen molar-refractivity contribution in [3.63, 3.8) is 0 Å². The molecule has 22 heavy (non-hydrogen) atoms. The van der Waals surface area contributed by atoms with Crippen molar-refractivity contribution in [3.8, 4) is 0 Å². The van der Waals surface area contributed by atoms with Crippen molar-refractivity contribution in [2.45, 2.75) is 32.3 Å². The van der Waals surface area contributed by atoms with Gasteiger partial charge in [0.25, 0.3) is 5.56 Å². The number of hydrogen-bond donors (Lipinski definition) is 1. The van der Waals surface area contributed by atoms with Gasteiger partial charge in [0.2, 0.25) is 5.91 Å². The molecule has 0 radical (unpaired) electrons. The number of thioether (sulfide) groups is 1. The molecule has 2 aromatic rings. The first-order chi connectivity index (χ1) is 10.3. The van der Waals surface area contributed by atoms with Crippen molar-refractivity contribution in [1.82, 2.24) is 14.9 Å². The van der Waals surface area contributed by atoms with E-state index in [1.165, 1.54) is 27.7 Å². The van der Waals surface area contributed by atoms with Gasteiger partial charge >= 0.3 is 0 Å². The minimum Gasteiger partial charge on any atom is -0.355 e. The van der Waals surface area contributed by atoms with Gasteiger partial charge in [-0.15, -0.1) is 11.3 Å². The van der Waals surface area contributed by atoms with E-state index in [4.69, 9.17) is 0 Å². The van der Waals surface area contributed by atoms with E-state index in [1.807, 2.05) is 11.4 Å². The maximum absolute atomic E-state index is 12.2. The summed E-state index contributed by atoms with van der Waals surface area (Å²) in [6, 6.07) is 1.83. The van der Waals surface area contributed by atoms with Gasteiger partial charge in [-0.1, -0.05) is 32.5 Å². The van der Waals surface area contributed by atoms with Gasteiger partial charge in [0.1, 0.15) is 4.70 Å².